The van der Waals surface area contributed by atoms with E-state index in [1.165, 1.54) is 19.2 Å². The van der Waals surface area contributed by atoms with Gasteiger partial charge in [0.15, 0.2) is 0 Å². The van der Waals surface area contributed by atoms with Gasteiger partial charge in [0, 0.05) is 5.56 Å². The molecule has 0 saturated carbocycles. The molecule has 7 nitrogen and oxygen atoms in total. The summed E-state index contributed by atoms with van der Waals surface area (Å²) >= 11 is 0. The molecule has 174 valence electrons. The molecular formula is C25H28N2O5S. The van der Waals surface area contributed by atoms with Crippen molar-refractivity contribution >= 4 is 21.6 Å². The molecule has 1 N–H and O–H groups in total. The standard InChI is InChI=1S/C25H28N2O5S/c1-18-13-15-20(16-14-18)33(29,30)27(22-10-6-8-12-24(22)32-4)17-25(28)26-19(2)21-9-5-7-11-23(21)31-3/h5-16,19H,17H2,1-4H3,(H,26,28). The van der Waals surface area contributed by atoms with Gasteiger partial charge in [-0.15, -0.1) is 0 Å². The summed E-state index contributed by atoms with van der Waals surface area (Å²) in [6.45, 7) is 3.27. The smallest absolute Gasteiger partial charge is 0.264 e. The molecule has 33 heavy (non-hydrogen) atoms. The number of hydrogen-bond acceptors (Lipinski definition) is 5. The third kappa shape index (κ3) is 5.46. The molecule has 8 heteroatoms. The second-order valence-corrected chi connectivity index (χ2v) is 9.39. The van der Waals surface area contributed by atoms with Crippen molar-refractivity contribution in [3.05, 3.63) is 83.9 Å². The van der Waals surface area contributed by atoms with Gasteiger partial charge >= 0.3 is 0 Å². The summed E-state index contributed by atoms with van der Waals surface area (Å²) in [7, 11) is -1.03. The first kappa shape index (κ1) is 24.1. The number of ether oxygens (including phenoxy) is 2. The minimum Gasteiger partial charge on any atom is -0.496 e. The first-order valence-electron chi connectivity index (χ1n) is 10.4. The summed E-state index contributed by atoms with van der Waals surface area (Å²) in [4.78, 5) is 13.1. The van der Waals surface area contributed by atoms with E-state index in [0.717, 1.165) is 15.4 Å². The number of methoxy groups -OCH3 is 2. The number of carbonyl (C=O) groups is 1. The number of carbonyl (C=O) groups excluding carboxylic acids is 1. The van der Waals surface area contributed by atoms with Crippen LogP contribution in [0.15, 0.2) is 77.7 Å². The number of para-hydroxylation sites is 3. The highest BCUT2D eigenvalue weighted by Gasteiger charge is 2.30. The molecular weight excluding hydrogens is 440 g/mol. The normalized spacial score (nSPS) is 12.0. The number of nitrogens with zero attached hydrogens (tertiary/aromatic N) is 1. The predicted octanol–water partition coefficient (Wildman–Crippen LogP) is 4.08. The number of benzene rings is 3. The maximum Gasteiger partial charge on any atom is 0.264 e. The second-order valence-electron chi connectivity index (χ2n) is 7.53. The zero-order valence-electron chi connectivity index (χ0n) is 19.1. The van der Waals surface area contributed by atoms with Crippen molar-refractivity contribution in [2.75, 3.05) is 25.1 Å². The van der Waals surface area contributed by atoms with E-state index in [1.807, 2.05) is 32.0 Å². The number of anilines is 1. The number of sulfonamides is 1. The van der Waals surface area contributed by atoms with Gasteiger partial charge in [0.2, 0.25) is 5.91 Å². The van der Waals surface area contributed by atoms with Crippen LogP contribution < -0.4 is 19.1 Å². The molecule has 1 atom stereocenters. The van der Waals surface area contributed by atoms with Crippen molar-refractivity contribution < 1.29 is 22.7 Å². The Kier molecular flexibility index (Phi) is 7.60. The number of amides is 1. The van der Waals surface area contributed by atoms with Crippen molar-refractivity contribution in [3.8, 4) is 11.5 Å². The van der Waals surface area contributed by atoms with Crippen LogP contribution in [0.3, 0.4) is 0 Å². The highest BCUT2D eigenvalue weighted by Crippen LogP contribution is 2.32. The highest BCUT2D eigenvalue weighted by atomic mass is 32.2. The van der Waals surface area contributed by atoms with Gasteiger partial charge in [-0.25, -0.2) is 8.42 Å². The first-order chi connectivity index (χ1) is 15.8. The Morgan fingerprint density at radius 2 is 1.48 bits per heavy atom. The molecule has 0 saturated heterocycles. The minimum absolute atomic E-state index is 0.0876. The average Bonchev–Trinajstić information content (AvgIpc) is 2.82. The predicted molar refractivity (Wildman–Crippen MR) is 128 cm³/mol. The lowest BCUT2D eigenvalue weighted by molar-refractivity contribution is -0.120. The molecule has 3 aromatic rings. The molecule has 0 fully saturated rings. The molecule has 1 unspecified atom stereocenters. The Hall–Kier alpha value is -3.52. The Bertz CT molecular complexity index is 1210. The van der Waals surface area contributed by atoms with Gasteiger partial charge in [-0.05, 0) is 44.2 Å². The number of rotatable bonds is 9. The molecule has 0 spiro atoms. The van der Waals surface area contributed by atoms with Crippen LogP contribution in [0.25, 0.3) is 0 Å². The SMILES string of the molecule is COc1ccccc1C(C)NC(=O)CN(c1ccccc1OC)S(=O)(=O)c1ccc(C)cc1. The summed E-state index contributed by atoms with van der Waals surface area (Å²) in [6.07, 6.45) is 0. The van der Waals surface area contributed by atoms with E-state index >= 15 is 0 Å². The summed E-state index contributed by atoms with van der Waals surface area (Å²) in [5, 5.41) is 2.88. The van der Waals surface area contributed by atoms with Gasteiger partial charge in [-0.2, -0.15) is 0 Å². The van der Waals surface area contributed by atoms with Crippen LogP contribution in [0, 0.1) is 6.92 Å². The van der Waals surface area contributed by atoms with E-state index in [0.29, 0.717) is 11.5 Å². The average molecular weight is 469 g/mol. The Morgan fingerprint density at radius 1 is 0.909 bits per heavy atom. The van der Waals surface area contributed by atoms with Crippen molar-refractivity contribution in [2.24, 2.45) is 0 Å². The maximum absolute atomic E-state index is 13.6. The van der Waals surface area contributed by atoms with Gasteiger partial charge in [0.25, 0.3) is 10.0 Å². The Labute approximate surface area is 195 Å². The lowest BCUT2D eigenvalue weighted by atomic mass is 10.1. The molecule has 3 rings (SSSR count). The first-order valence-corrected chi connectivity index (χ1v) is 11.9. The zero-order chi connectivity index (χ0) is 24.0. The van der Waals surface area contributed by atoms with Crippen LogP contribution in [0.4, 0.5) is 5.69 Å². The third-order valence-electron chi connectivity index (χ3n) is 5.23. The highest BCUT2D eigenvalue weighted by molar-refractivity contribution is 7.92. The summed E-state index contributed by atoms with van der Waals surface area (Å²) in [5.74, 6) is 0.521. The molecule has 3 aromatic carbocycles. The van der Waals surface area contributed by atoms with Crippen LogP contribution in [0.5, 0.6) is 11.5 Å². The Morgan fingerprint density at radius 3 is 2.12 bits per heavy atom. The van der Waals surface area contributed by atoms with E-state index in [4.69, 9.17) is 9.47 Å². The second kappa shape index (κ2) is 10.4. The number of aryl methyl sites for hydroxylation is 1. The monoisotopic (exact) mass is 468 g/mol. The number of hydrogen-bond donors (Lipinski definition) is 1. The fourth-order valence-electron chi connectivity index (χ4n) is 3.49. The third-order valence-corrected chi connectivity index (χ3v) is 7.01. The van der Waals surface area contributed by atoms with Crippen LogP contribution in [0.1, 0.15) is 24.1 Å². The van der Waals surface area contributed by atoms with Crippen molar-refractivity contribution in [2.45, 2.75) is 24.8 Å². The van der Waals surface area contributed by atoms with Crippen molar-refractivity contribution in [1.29, 1.82) is 0 Å². The van der Waals surface area contributed by atoms with Crippen molar-refractivity contribution in [3.63, 3.8) is 0 Å². The molecule has 1 amide bonds. The lowest BCUT2D eigenvalue weighted by Gasteiger charge is -2.26. The maximum atomic E-state index is 13.6. The van der Waals surface area contributed by atoms with Crippen LogP contribution in [-0.4, -0.2) is 35.1 Å². The molecule has 0 heterocycles. The fourth-order valence-corrected chi connectivity index (χ4v) is 4.92. The molecule has 0 bridgehead atoms. The molecule has 0 aliphatic rings. The van der Waals surface area contributed by atoms with Crippen molar-refractivity contribution in [1.82, 2.24) is 5.32 Å². The quantitative estimate of drug-likeness (QED) is 0.511. The van der Waals surface area contributed by atoms with E-state index < -0.39 is 28.5 Å². The minimum atomic E-state index is -4.04. The molecule has 0 aliphatic heterocycles. The molecule has 0 aromatic heterocycles. The summed E-state index contributed by atoms with van der Waals surface area (Å²) in [5.41, 5.74) is 2.00. The van der Waals surface area contributed by atoms with Crippen LogP contribution in [0.2, 0.25) is 0 Å². The molecule has 0 aliphatic carbocycles. The van der Waals surface area contributed by atoms with Crippen LogP contribution in [-0.2, 0) is 14.8 Å². The van der Waals surface area contributed by atoms with Gasteiger partial charge in [-0.3, -0.25) is 9.10 Å². The lowest BCUT2D eigenvalue weighted by Crippen LogP contribution is -2.41. The summed E-state index contributed by atoms with van der Waals surface area (Å²) in [6, 6.07) is 20.2. The number of nitrogens with one attached hydrogen (secondary N) is 1. The topological polar surface area (TPSA) is 84.9 Å². The van der Waals surface area contributed by atoms with Gasteiger partial charge < -0.3 is 14.8 Å². The fraction of sp³-hybridized carbons (Fsp3) is 0.240. The van der Waals surface area contributed by atoms with E-state index in [-0.39, 0.29) is 10.6 Å². The summed E-state index contributed by atoms with van der Waals surface area (Å²) < 4.78 is 39.0. The van der Waals surface area contributed by atoms with E-state index in [1.54, 1.807) is 49.6 Å². The van der Waals surface area contributed by atoms with E-state index in [2.05, 4.69) is 5.32 Å². The van der Waals surface area contributed by atoms with Gasteiger partial charge in [0.1, 0.15) is 18.0 Å². The zero-order valence-corrected chi connectivity index (χ0v) is 19.9. The largest absolute Gasteiger partial charge is 0.496 e. The molecule has 0 radical (unpaired) electrons. The van der Waals surface area contributed by atoms with E-state index in [9.17, 15) is 13.2 Å². The van der Waals surface area contributed by atoms with Gasteiger partial charge in [-0.1, -0.05) is 48.0 Å². The van der Waals surface area contributed by atoms with Gasteiger partial charge in [0.05, 0.1) is 30.8 Å². The van der Waals surface area contributed by atoms with Crippen LogP contribution >= 0.6 is 0 Å². The Balaban J connectivity index is 1.94.